The summed E-state index contributed by atoms with van der Waals surface area (Å²) in [7, 11) is -4.19. The third-order valence-electron chi connectivity index (χ3n) is 2.79. The van der Waals surface area contributed by atoms with Crippen molar-refractivity contribution >= 4 is 7.82 Å². The SMILES string of the molecule is Cc1ccc(OP(=O)(O)Oc2ccc(C)cc2C)cc1. The summed E-state index contributed by atoms with van der Waals surface area (Å²) in [5, 5.41) is 0. The molecule has 20 heavy (non-hydrogen) atoms. The van der Waals surface area contributed by atoms with Crippen molar-refractivity contribution in [2.45, 2.75) is 20.8 Å². The topological polar surface area (TPSA) is 55.8 Å². The van der Waals surface area contributed by atoms with Gasteiger partial charge in [-0.25, -0.2) is 4.57 Å². The Kier molecular flexibility index (Phi) is 4.17. The van der Waals surface area contributed by atoms with Crippen LogP contribution in [0.3, 0.4) is 0 Å². The third kappa shape index (κ3) is 3.86. The summed E-state index contributed by atoms with van der Waals surface area (Å²) in [5.74, 6) is 0.639. The highest BCUT2D eigenvalue weighted by atomic mass is 31.2. The van der Waals surface area contributed by atoms with Gasteiger partial charge >= 0.3 is 7.82 Å². The Bertz CT molecular complexity index is 649. The molecule has 0 aliphatic heterocycles. The molecule has 1 atom stereocenters. The van der Waals surface area contributed by atoms with Crippen LogP contribution in [0.2, 0.25) is 0 Å². The second-order valence-electron chi connectivity index (χ2n) is 4.73. The molecule has 0 aromatic heterocycles. The largest absolute Gasteiger partial charge is 0.584 e. The van der Waals surface area contributed by atoms with Gasteiger partial charge in [-0.05, 0) is 44.5 Å². The maximum absolute atomic E-state index is 12.0. The number of phosphoric ester groups is 1. The highest BCUT2D eigenvalue weighted by Crippen LogP contribution is 2.45. The number of benzene rings is 2. The molecule has 2 rings (SSSR count). The van der Waals surface area contributed by atoms with E-state index in [1.165, 1.54) is 0 Å². The molecule has 1 unspecified atom stereocenters. The van der Waals surface area contributed by atoms with E-state index in [4.69, 9.17) is 9.05 Å². The van der Waals surface area contributed by atoms with Crippen LogP contribution in [0.15, 0.2) is 42.5 Å². The van der Waals surface area contributed by atoms with E-state index in [0.29, 0.717) is 11.5 Å². The van der Waals surface area contributed by atoms with Gasteiger partial charge in [-0.2, -0.15) is 0 Å². The van der Waals surface area contributed by atoms with Crippen molar-refractivity contribution in [3.05, 3.63) is 59.2 Å². The van der Waals surface area contributed by atoms with Crippen molar-refractivity contribution in [1.82, 2.24) is 0 Å². The molecule has 0 aliphatic rings. The zero-order valence-corrected chi connectivity index (χ0v) is 12.6. The first-order chi connectivity index (χ1) is 9.35. The predicted octanol–water partition coefficient (Wildman–Crippen LogP) is 4.17. The van der Waals surface area contributed by atoms with Gasteiger partial charge in [-0.3, -0.25) is 4.89 Å². The molecule has 0 aliphatic carbocycles. The van der Waals surface area contributed by atoms with Crippen molar-refractivity contribution in [2.24, 2.45) is 0 Å². The lowest BCUT2D eigenvalue weighted by molar-refractivity contribution is 0.290. The Balaban J connectivity index is 2.14. The maximum Gasteiger partial charge on any atom is 0.584 e. The molecule has 0 saturated heterocycles. The van der Waals surface area contributed by atoms with Crippen LogP contribution in [-0.2, 0) is 4.57 Å². The summed E-state index contributed by atoms with van der Waals surface area (Å²) in [6, 6.07) is 12.2. The second kappa shape index (κ2) is 5.70. The third-order valence-corrected chi connectivity index (χ3v) is 3.65. The van der Waals surface area contributed by atoms with Crippen molar-refractivity contribution in [2.75, 3.05) is 0 Å². The molecule has 4 nitrogen and oxygen atoms in total. The van der Waals surface area contributed by atoms with Crippen molar-refractivity contribution in [1.29, 1.82) is 0 Å². The smallest absolute Gasteiger partial charge is 0.395 e. The van der Waals surface area contributed by atoms with E-state index >= 15 is 0 Å². The lowest BCUT2D eigenvalue weighted by Crippen LogP contribution is -2.01. The van der Waals surface area contributed by atoms with E-state index in [1.54, 1.807) is 30.3 Å². The average Bonchev–Trinajstić information content (AvgIpc) is 2.35. The first-order valence-corrected chi connectivity index (χ1v) is 7.71. The normalized spacial score (nSPS) is 13.6. The molecule has 0 bridgehead atoms. The van der Waals surface area contributed by atoms with E-state index < -0.39 is 7.82 Å². The zero-order valence-electron chi connectivity index (χ0n) is 11.7. The minimum atomic E-state index is -4.19. The van der Waals surface area contributed by atoms with Crippen LogP contribution in [-0.4, -0.2) is 4.89 Å². The molecule has 106 valence electrons. The van der Waals surface area contributed by atoms with Gasteiger partial charge in [-0.1, -0.05) is 35.4 Å². The van der Waals surface area contributed by atoms with Gasteiger partial charge in [0.2, 0.25) is 0 Å². The Labute approximate surface area is 118 Å². The van der Waals surface area contributed by atoms with Crippen LogP contribution >= 0.6 is 7.82 Å². The number of rotatable bonds is 4. The monoisotopic (exact) mass is 292 g/mol. The Morgan fingerprint density at radius 3 is 2.10 bits per heavy atom. The molecule has 0 spiro atoms. The molecule has 0 heterocycles. The Hall–Kier alpha value is -1.77. The number of aryl methyl sites for hydroxylation is 3. The van der Waals surface area contributed by atoms with E-state index in [0.717, 1.165) is 16.7 Å². The van der Waals surface area contributed by atoms with Gasteiger partial charge in [0.05, 0.1) is 0 Å². The average molecular weight is 292 g/mol. The van der Waals surface area contributed by atoms with E-state index in [9.17, 15) is 9.46 Å². The predicted molar refractivity (Wildman–Crippen MR) is 78.2 cm³/mol. The summed E-state index contributed by atoms with van der Waals surface area (Å²) in [4.78, 5) is 9.80. The Morgan fingerprint density at radius 1 is 0.900 bits per heavy atom. The number of hydrogen-bond donors (Lipinski definition) is 1. The van der Waals surface area contributed by atoms with Crippen molar-refractivity contribution in [3.63, 3.8) is 0 Å². The summed E-state index contributed by atoms with van der Waals surface area (Å²) in [6.07, 6.45) is 0. The molecule has 0 radical (unpaired) electrons. The van der Waals surface area contributed by atoms with E-state index in [1.807, 2.05) is 32.9 Å². The second-order valence-corrected chi connectivity index (χ2v) is 6.04. The van der Waals surface area contributed by atoms with Gasteiger partial charge in [0.15, 0.2) is 0 Å². The standard InChI is InChI=1S/C15H17O4P/c1-11-4-7-14(8-5-11)18-20(16,17)19-15-9-6-12(2)10-13(15)3/h4-10H,1-3H3,(H,16,17). The fourth-order valence-electron chi connectivity index (χ4n) is 1.78. The highest BCUT2D eigenvalue weighted by Gasteiger charge is 2.25. The van der Waals surface area contributed by atoms with Gasteiger partial charge in [0.1, 0.15) is 11.5 Å². The van der Waals surface area contributed by atoms with Gasteiger partial charge in [0, 0.05) is 0 Å². The summed E-state index contributed by atoms with van der Waals surface area (Å²) in [5.41, 5.74) is 2.88. The molecule has 0 saturated carbocycles. The summed E-state index contributed by atoms with van der Waals surface area (Å²) in [6.45, 7) is 5.68. The van der Waals surface area contributed by atoms with E-state index in [2.05, 4.69) is 0 Å². The lowest BCUT2D eigenvalue weighted by Gasteiger charge is -2.15. The Morgan fingerprint density at radius 2 is 1.50 bits per heavy atom. The molecule has 0 amide bonds. The first kappa shape index (κ1) is 14.6. The fraction of sp³-hybridized carbons (Fsp3) is 0.200. The molecular formula is C15H17O4P. The molecule has 5 heteroatoms. The van der Waals surface area contributed by atoms with E-state index in [-0.39, 0.29) is 0 Å². The van der Waals surface area contributed by atoms with Crippen LogP contribution in [0.1, 0.15) is 16.7 Å². The minimum Gasteiger partial charge on any atom is -0.395 e. The van der Waals surface area contributed by atoms with Gasteiger partial charge < -0.3 is 9.05 Å². The van der Waals surface area contributed by atoms with Crippen LogP contribution < -0.4 is 9.05 Å². The summed E-state index contributed by atoms with van der Waals surface area (Å²) >= 11 is 0. The first-order valence-electron chi connectivity index (χ1n) is 6.22. The van der Waals surface area contributed by atoms with Gasteiger partial charge in [-0.15, -0.1) is 0 Å². The number of phosphoric acid groups is 1. The molecule has 2 aromatic carbocycles. The minimum absolute atomic E-state index is 0.297. The quantitative estimate of drug-likeness (QED) is 0.859. The summed E-state index contributed by atoms with van der Waals surface area (Å²) < 4.78 is 22.1. The zero-order chi connectivity index (χ0) is 14.8. The fourth-order valence-corrected chi connectivity index (χ4v) is 2.66. The number of hydrogen-bond acceptors (Lipinski definition) is 3. The van der Waals surface area contributed by atoms with Crippen molar-refractivity contribution in [3.8, 4) is 11.5 Å². The maximum atomic E-state index is 12.0. The molecule has 0 fully saturated rings. The van der Waals surface area contributed by atoms with Crippen LogP contribution in [0.5, 0.6) is 11.5 Å². The molecule has 2 aromatic rings. The molecule has 1 N–H and O–H groups in total. The van der Waals surface area contributed by atoms with Gasteiger partial charge in [0.25, 0.3) is 0 Å². The van der Waals surface area contributed by atoms with Crippen LogP contribution in [0.25, 0.3) is 0 Å². The van der Waals surface area contributed by atoms with Crippen molar-refractivity contribution < 1.29 is 18.5 Å². The van der Waals surface area contributed by atoms with Crippen LogP contribution in [0.4, 0.5) is 0 Å². The molecular weight excluding hydrogens is 275 g/mol. The lowest BCUT2D eigenvalue weighted by atomic mass is 10.1. The van der Waals surface area contributed by atoms with Crippen LogP contribution in [0, 0.1) is 20.8 Å². The highest BCUT2D eigenvalue weighted by molar-refractivity contribution is 7.48.